The van der Waals surface area contributed by atoms with Gasteiger partial charge in [-0.1, -0.05) is 51.9 Å². The Kier molecular flexibility index (Phi) is 9.00. The minimum Gasteiger partial charge on any atom is -0.409 e. The third-order valence-electron chi connectivity index (χ3n) is 1.76. The van der Waals surface area contributed by atoms with Crippen molar-refractivity contribution in [3.63, 3.8) is 0 Å². The van der Waals surface area contributed by atoms with Gasteiger partial charge in [0, 0.05) is 12.8 Å². The highest BCUT2D eigenvalue weighted by molar-refractivity contribution is 5.80. The number of amidine groups is 2. The van der Waals surface area contributed by atoms with Gasteiger partial charge in [-0.3, -0.25) is 0 Å². The first-order valence-electron chi connectivity index (χ1n) is 6.23. The molecule has 0 bridgehead atoms. The van der Waals surface area contributed by atoms with Crippen molar-refractivity contribution >= 4 is 11.7 Å². The Labute approximate surface area is 116 Å². The van der Waals surface area contributed by atoms with E-state index in [0.717, 1.165) is 6.42 Å². The molecule has 0 saturated heterocycles. The number of oxime groups is 2. The average molecular weight is 274 g/mol. The normalized spacial score (nSPS) is 13.6. The van der Waals surface area contributed by atoms with Crippen LogP contribution in [0.25, 0.3) is 0 Å². The van der Waals surface area contributed by atoms with E-state index in [9.17, 15) is 0 Å². The lowest BCUT2D eigenvalue weighted by atomic mass is 9.92. The predicted octanol–water partition coefficient (Wildman–Crippen LogP) is 2.51. The maximum Gasteiger partial charge on any atom is 0.139 e. The first kappa shape index (κ1) is 19.9. The molecule has 0 aromatic heterocycles. The smallest absolute Gasteiger partial charge is 0.139 e. The molecule has 6 heteroatoms. The number of hydrogen-bond acceptors (Lipinski definition) is 4. The standard InChI is InChI=1S/C7H16N2O.C6H14N2O/c1-7(2,3)5-6(8)9-10-4;1-6(2,3)4-5(7)8-9/h5H2,1-4H3,(H2,8,9);9H,4H2,1-3H3,(H2,7,8). The Morgan fingerprint density at radius 3 is 1.53 bits per heavy atom. The number of nitrogens with zero attached hydrogens (tertiary/aromatic N) is 2. The van der Waals surface area contributed by atoms with E-state index >= 15 is 0 Å². The molecule has 0 aliphatic rings. The summed E-state index contributed by atoms with van der Waals surface area (Å²) >= 11 is 0. The molecule has 0 spiro atoms. The van der Waals surface area contributed by atoms with Crippen LogP contribution >= 0.6 is 0 Å². The summed E-state index contributed by atoms with van der Waals surface area (Å²) in [5, 5.41) is 14.6. The molecular weight excluding hydrogens is 244 g/mol. The van der Waals surface area contributed by atoms with Crippen molar-refractivity contribution in [2.75, 3.05) is 7.11 Å². The topological polar surface area (TPSA) is 106 Å². The maximum atomic E-state index is 8.16. The van der Waals surface area contributed by atoms with E-state index in [4.69, 9.17) is 16.7 Å². The quantitative estimate of drug-likeness (QED) is 0.318. The molecule has 0 saturated carbocycles. The molecule has 114 valence electrons. The lowest BCUT2D eigenvalue weighted by Gasteiger charge is -2.16. The molecule has 0 atom stereocenters. The lowest BCUT2D eigenvalue weighted by Crippen LogP contribution is -2.20. The predicted molar refractivity (Wildman–Crippen MR) is 80.2 cm³/mol. The molecule has 0 amide bonds. The molecule has 0 aliphatic carbocycles. The number of rotatable bonds is 3. The summed E-state index contributed by atoms with van der Waals surface area (Å²) in [6.07, 6.45) is 1.39. The second-order valence-corrected chi connectivity index (χ2v) is 6.83. The van der Waals surface area contributed by atoms with Crippen molar-refractivity contribution in [3.8, 4) is 0 Å². The minimum atomic E-state index is 0.107. The third kappa shape index (κ3) is 19.1. The van der Waals surface area contributed by atoms with E-state index in [-0.39, 0.29) is 10.8 Å². The first-order valence-corrected chi connectivity index (χ1v) is 6.23. The van der Waals surface area contributed by atoms with Gasteiger partial charge < -0.3 is 21.5 Å². The van der Waals surface area contributed by atoms with Crippen LogP contribution in [0.5, 0.6) is 0 Å². The van der Waals surface area contributed by atoms with Crippen molar-refractivity contribution < 1.29 is 10.0 Å². The van der Waals surface area contributed by atoms with Crippen molar-refractivity contribution in [2.24, 2.45) is 32.6 Å². The van der Waals surface area contributed by atoms with E-state index in [1.54, 1.807) is 0 Å². The largest absolute Gasteiger partial charge is 0.409 e. The van der Waals surface area contributed by atoms with Gasteiger partial charge in [-0.15, -0.1) is 0 Å². The van der Waals surface area contributed by atoms with Crippen LogP contribution in [0.2, 0.25) is 0 Å². The van der Waals surface area contributed by atoms with Gasteiger partial charge in [-0.2, -0.15) is 0 Å². The summed E-state index contributed by atoms with van der Waals surface area (Å²) in [7, 11) is 1.50. The Morgan fingerprint density at radius 1 is 0.947 bits per heavy atom. The Hall–Kier alpha value is -1.46. The van der Waals surface area contributed by atoms with Crippen molar-refractivity contribution in [1.29, 1.82) is 0 Å². The Morgan fingerprint density at radius 2 is 1.32 bits per heavy atom. The van der Waals surface area contributed by atoms with Crippen LogP contribution in [-0.2, 0) is 4.84 Å². The van der Waals surface area contributed by atoms with Crippen LogP contribution in [0.1, 0.15) is 54.4 Å². The zero-order valence-corrected chi connectivity index (χ0v) is 13.3. The van der Waals surface area contributed by atoms with Crippen LogP contribution < -0.4 is 11.5 Å². The third-order valence-corrected chi connectivity index (χ3v) is 1.76. The fourth-order valence-corrected chi connectivity index (χ4v) is 1.27. The molecule has 0 aromatic rings. The van der Waals surface area contributed by atoms with E-state index in [1.807, 2.05) is 20.8 Å². The van der Waals surface area contributed by atoms with E-state index in [1.165, 1.54) is 7.11 Å². The zero-order valence-electron chi connectivity index (χ0n) is 13.3. The highest BCUT2D eigenvalue weighted by Gasteiger charge is 2.12. The molecule has 6 nitrogen and oxygen atoms in total. The Bertz CT molecular complexity index is 299. The molecule has 5 N–H and O–H groups in total. The fraction of sp³-hybridized carbons (Fsp3) is 0.846. The van der Waals surface area contributed by atoms with Crippen LogP contribution in [-0.4, -0.2) is 24.0 Å². The summed E-state index contributed by atoms with van der Waals surface area (Å²) in [6, 6.07) is 0. The molecule has 19 heavy (non-hydrogen) atoms. The van der Waals surface area contributed by atoms with Crippen LogP contribution in [0.4, 0.5) is 0 Å². The van der Waals surface area contributed by atoms with Gasteiger partial charge >= 0.3 is 0 Å². The van der Waals surface area contributed by atoms with Crippen LogP contribution in [0, 0.1) is 10.8 Å². The number of hydrogen-bond donors (Lipinski definition) is 3. The van der Waals surface area contributed by atoms with Crippen LogP contribution in [0.15, 0.2) is 10.3 Å². The summed E-state index contributed by atoms with van der Waals surface area (Å²) in [6.45, 7) is 12.4. The monoisotopic (exact) mass is 274 g/mol. The van der Waals surface area contributed by atoms with Gasteiger partial charge in [-0.25, -0.2) is 0 Å². The molecule has 0 aromatic carbocycles. The molecular formula is C13H30N4O2. The van der Waals surface area contributed by atoms with Crippen molar-refractivity contribution in [3.05, 3.63) is 0 Å². The number of nitrogens with two attached hydrogens (primary N) is 2. The van der Waals surface area contributed by atoms with Crippen LogP contribution in [0.3, 0.4) is 0 Å². The second-order valence-electron chi connectivity index (χ2n) is 6.83. The average Bonchev–Trinajstić information content (AvgIpc) is 2.13. The van der Waals surface area contributed by atoms with E-state index in [0.29, 0.717) is 18.1 Å². The van der Waals surface area contributed by atoms with Gasteiger partial charge in [0.15, 0.2) is 0 Å². The first-order chi connectivity index (χ1) is 8.41. The molecule has 0 radical (unpaired) electrons. The highest BCUT2D eigenvalue weighted by atomic mass is 16.6. The minimum absolute atomic E-state index is 0.107. The summed E-state index contributed by atoms with van der Waals surface area (Å²) in [5.41, 5.74) is 11.0. The van der Waals surface area contributed by atoms with E-state index in [2.05, 4.69) is 35.9 Å². The molecule has 0 rings (SSSR count). The maximum absolute atomic E-state index is 8.16. The summed E-state index contributed by atoms with van der Waals surface area (Å²) < 4.78 is 0. The molecule has 0 aliphatic heterocycles. The van der Waals surface area contributed by atoms with Gasteiger partial charge in [-0.05, 0) is 10.8 Å². The van der Waals surface area contributed by atoms with Crippen molar-refractivity contribution in [1.82, 2.24) is 0 Å². The zero-order chi connectivity index (χ0) is 15.7. The lowest BCUT2D eigenvalue weighted by molar-refractivity contribution is 0.210. The van der Waals surface area contributed by atoms with Gasteiger partial charge in [0.05, 0.1) is 0 Å². The SMILES string of the molecule is CC(C)(C)C/C(N)=N/O.CO/N=C(\N)CC(C)(C)C. The molecule has 0 unspecified atom stereocenters. The highest BCUT2D eigenvalue weighted by Crippen LogP contribution is 2.18. The van der Waals surface area contributed by atoms with Gasteiger partial charge in [0.2, 0.25) is 0 Å². The summed E-state index contributed by atoms with van der Waals surface area (Å²) in [4.78, 5) is 4.51. The van der Waals surface area contributed by atoms with Crippen molar-refractivity contribution in [2.45, 2.75) is 54.4 Å². The second kappa shape index (κ2) is 8.61. The van der Waals surface area contributed by atoms with E-state index < -0.39 is 0 Å². The molecule has 0 fully saturated rings. The summed E-state index contributed by atoms with van der Waals surface area (Å²) in [5.74, 6) is 0.845. The van der Waals surface area contributed by atoms with Gasteiger partial charge in [0.1, 0.15) is 18.8 Å². The fourth-order valence-electron chi connectivity index (χ4n) is 1.27. The van der Waals surface area contributed by atoms with Gasteiger partial charge in [0.25, 0.3) is 0 Å². The molecule has 0 heterocycles. The Balaban J connectivity index is 0.